The summed E-state index contributed by atoms with van der Waals surface area (Å²) < 4.78 is 42.6. The number of hydrogen-bond donors (Lipinski definition) is 0. The van der Waals surface area contributed by atoms with Crippen molar-refractivity contribution in [2.45, 2.75) is 38.2 Å². The molecule has 2 aliphatic rings. The molecule has 0 N–H and O–H groups in total. The monoisotopic (exact) mass is 677 g/mol. The van der Waals surface area contributed by atoms with Gasteiger partial charge in [0.05, 0.1) is 5.39 Å². The lowest BCUT2D eigenvalue weighted by atomic mass is 9.97. The fraction of sp³-hybridized carbons (Fsp3) is 0.342. The summed E-state index contributed by atoms with van der Waals surface area (Å²) in [5.74, 6) is -0.234. The highest BCUT2D eigenvalue weighted by Crippen LogP contribution is 2.36. The number of benzene rings is 3. The fourth-order valence-electron chi connectivity index (χ4n) is 6.97. The van der Waals surface area contributed by atoms with Crippen LogP contribution in [0.4, 0.5) is 19.4 Å². The number of aryl methyl sites for hydroxylation is 1. The van der Waals surface area contributed by atoms with Gasteiger partial charge in [0.1, 0.15) is 42.5 Å². The average Bonchev–Trinajstić information content (AvgIpc) is 3.46. The number of carbonyl (C=O) groups is 1. The maximum Gasteiger partial charge on any atom is 0.410 e. The number of aromatic nitrogens is 3. The molecular formula is C38H37F2N7O3. The number of amides is 1. The van der Waals surface area contributed by atoms with Crippen LogP contribution in [0.5, 0.6) is 6.01 Å². The van der Waals surface area contributed by atoms with Gasteiger partial charge in [0.2, 0.25) is 6.54 Å². The van der Waals surface area contributed by atoms with Gasteiger partial charge in [-0.15, -0.1) is 0 Å². The summed E-state index contributed by atoms with van der Waals surface area (Å²) >= 11 is 0. The number of halogens is 2. The summed E-state index contributed by atoms with van der Waals surface area (Å²) in [6, 6.07) is 20.3. The van der Waals surface area contributed by atoms with Crippen molar-refractivity contribution >= 4 is 33.6 Å². The van der Waals surface area contributed by atoms with Gasteiger partial charge in [-0.1, -0.05) is 66.7 Å². The standard InChI is InChI=1S/C38H37F2N7O3/c1-24-9-7-12-26-13-8-14-30(32(24)26)34-33(40)35-31(19-42-34)36(44-37(43-35)49-23-28-17-27(39)20-45(28)3)46-15-16-47(29(21-46)18-41-2)38(48)50-22-25-10-5-4-6-11-25/h4-14,19,27-29H,15-18,20-23H2,1,3H3/t27-,28+,29+/m1/s1. The van der Waals surface area contributed by atoms with Crippen LogP contribution in [0.15, 0.2) is 72.9 Å². The smallest absolute Gasteiger partial charge is 0.410 e. The molecule has 2 aromatic heterocycles. The molecule has 2 fully saturated rings. The lowest BCUT2D eigenvalue weighted by molar-refractivity contribution is 0.0788. The molecule has 4 heterocycles. The van der Waals surface area contributed by atoms with Crippen molar-refractivity contribution in [1.29, 1.82) is 0 Å². The van der Waals surface area contributed by atoms with Gasteiger partial charge in [0.25, 0.3) is 0 Å². The van der Waals surface area contributed by atoms with Crippen LogP contribution in [0.1, 0.15) is 17.5 Å². The second kappa shape index (κ2) is 14.2. The number of pyridine rings is 1. The second-order valence-electron chi connectivity index (χ2n) is 12.9. The Hall–Kier alpha value is -5.41. The van der Waals surface area contributed by atoms with Crippen LogP contribution in [0.3, 0.4) is 0 Å². The number of likely N-dealkylation sites (tertiary alicyclic amines) is 1. The highest BCUT2D eigenvalue weighted by Gasteiger charge is 2.36. The van der Waals surface area contributed by atoms with Gasteiger partial charge in [-0.25, -0.2) is 20.1 Å². The quantitative estimate of drug-likeness (QED) is 0.173. The molecule has 10 nitrogen and oxygen atoms in total. The zero-order valence-electron chi connectivity index (χ0n) is 27.9. The Bertz CT molecular complexity index is 2070. The van der Waals surface area contributed by atoms with Crippen molar-refractivity contribution in [3.05, 3.63) is 101 Å². The van der Waals surface area contributed by atoms with Gasteiger partial charge in [0, 0.05) is 44.0 Å². The van der Waals surface area contributed by atoms with E-state index < -0.39 is 24.1 Å². The molecule has 0 saturated carbocycles. The lowest BCUT2D eigenvalue weighted by Gasteiger charge is -2.39. The minimum atomic E-state index is -0.952. The number of piperazine rings is 1. The van der Waals surface area contributed by atoms with Gasteiger partial charge < -0.3 is 19.2 Å². The van der Waals surface area contributed by atoms with E-state index >= 15 is 4.39 Å². The zero-order chi connectivity index (χ0) is 34.8. The number of anilines is 1. The summed E-state index contributed by atoms with van der Waals surface area (Å²) in [5.41, 5.74) is 2.68. The number of ether oxygens (including phenoxy) is 2. The van der Waals surface area contributed by atoms with Gasteiger partial charge >= 0.3 is 12.1 Å². The third-order valence-corrected chi connectivity index (χ3v) is 9.58. The van der Waals surface area contributed by atoms with E-state index in [1.54, 1.807) is 11.1 Å². The van der Waals surface area contributed by atoms with Crippen LogP contribution in [-0.4, -0.2) is 95.5 Å². The average molecular weight is 678 g/mol. The molecular weight excluding hydrogens is 640 g/mol. The topological polar surface area (TPSA) is 88.3 Å². The van der Waals surface area contributed by atoms with Crippen LogP contribution in [0.2, 0.25) is 0 Å². The first-order valence-corrected chi connectivity index (χ1v) is 16.7. The summed E-state index contributed by atoms with van der Waals surface area (Å²) in [5, 5.41) is 2.24. The van der Waals surface area contributed by atoms with E-state index in [1.165, 1.54) is 0 Å². The van der Waals surface area contributed by atoms with Crippen LogP contribution in [0.25, 0.3) is 37.8 Å². The Morgan fingerprint density at radius 3 is 2.58 bits per heavy atom. The molecule has 7 rings (SSSR count). The van der Waals surface area contributed by atoms with Gasteiger partial charge in [-0.3, -0.25) is 14.8 Å². The molecule has 1 amide bonds. The Morgan fingerprint density at radius 2 is 1.82 bits per heavy atom. The third kappa shape index (κ3) is 6.61. The summed E-state index contributed by atoms with van der Waals surface area (Å²) in [6.07, 6.45) is 0.438. The number of alkyl halides is 1. The summed E-state index contributed by atoms with van der Waals surface area (Å²) in [4.78, 5) is 36.1. The Balaban J connectivity index is 1.24. The maximum absolute atomic E-state index is 16.8. The van der Waals surface area contributed by atoms with Crippen molar-refractivity contribution in [2.75, 3.05) is 51.3 Å². The predicted molar refractivity (Wildman–Crippen MR) is 187 cm³/mol. The van der Waals surface area contributed by atoms with E-state index in [9.17, 15) is 9.18 Å². The zero-order valence-corrected chi connectivity index (χ0v) is 27.9. The van der Waals surface area contributed by atoms with Crippen LogP contribution >= 0.6 is 0 Å². The Labute approximate surface area is 289 Å². The van der Waals surface area contributed by atoms with E-state index in [-0.39, 0.29) is 56.1 Å². The van der Waals surface area contributed by atoms with Crippen LogP contribution in [0, 0.1) is 19.3 Å². The van der Waals surface area contributed by atoms with Crippen molar-refractivity contribution < 1.29 is 23.0 Å². The first-order valence-electron chi connectivity index (χ1n) is 16.7. The minimum Gasteiger partial charge on any atom is -0.462 e. The largest absolute Gasteiger partial charge is 0.462 e. The number of nitrogens with zero attached hydrogens (tertiary/aromatic N) is 7. The van der Waals surface area contributed by atoms with E-state index in [0.717, 1.165) is 21.9 Å². The van der Waals surface area contributed by atoms with Gasteiger partial charge in [0.15, 0.2) is 5.82 Å². The molecule has 0 aliphatic carbocycles. The fourth-order valence-corrected chi connectivity index (χ4v) is 6.97. The summed E-state index contributed by atoms with van der Waals surface area (Å²) in [6.45, 7) is 11.0. The molecule has 0 bridgehead atoms. The predicted octanol–water partition coefficient (Wildman–Crippen LogP) is 6.46. The Kier molecular flexibility index (Phi) is 9.41. The molecule has 256 valence electrons. The number of likely N-dealkylation sites (N-methyl/N-ethyl adjacent to an activating group) is 1. The van der Waals surface area contributed by atoms with E-state index in [2.05, 4.69) is 14.8 Å². The highest BCUT2D eigenvalue weighted by atomic mass is 19.1. The minimum absolute atomic E-state index is 0.0372. The SMILES string of the molecule is [C-]#[N+]C[C@H]1CN(c2nc(OC[C@@H]3C[C@@H](F)CN3C)nc3c(F)c(-c4cccc5cccc(C)c45)ncc23)CCN1C(=O)OCc1ccccc1. The van der Waals surface area contributed by atoms with E-state index in [0.29, 0.717) is 36.3 Å². The van der Waals surface area contributed by atoms with E-state index in [1.807, 2.05) is 90.5 Å². The maximum atomic E-state index is 16.8. The van der Waals surface area contributed by atoms with Crippen molar-refractivity contribution in [1.82, 2.24) is 24.8 Å². The van der Waals surface area contributed by atoms with Crippen molar-refractivity contribution in [2.24, 2.45) is 0 Å². The molecule has 3 aromatic carbocycles. The van der Waals surface area contributed by atoms with Crippen molar-refractivity contribution in [3.63, 3.8) is 0 Å². The highest BCUT2D eigenvalue weighted by molar-refractivity contribution is 6.00. The summed E-state index contributed by atoms with van der Waals surface area (Å²) in [7, 11) is 1.84. The number of rotatable bonds is 8. The number of fused-ring (bicyclic) bond motifs is 2. The van der Waals surface area contributed by atoms with Crippen LogP contribution in [-0.2, 0) is 11.3 Å². The molecule has 2 saturated heterocycles. The molecule has 0 radical (unpaired) electrons. The van der Waals surface area contributed by atoms with Crippen LogP contribution < -0.4 is 9.64 Å². The number of carbonyl (C=O) groups excluding carboxylic acids is 1. The molecule has 50 heavy (non-hydrogen) atoms. The van der Waals surface area contributed by atoms with Gasteiger partial charge in [-0.05, 0) is 42.3 Å². The first-order chi connectivity index (χ1) is 24.3. The molecule has 0 unspecified atom stereocenters. The second-order valence-corrected chi connectivity index (χ2v) is 12.9. The Morgan fingerprint density at radius 1 is 1.02 bits per heavy atom. The normalized spacial score (nSPS) is 19.5. The van der Waals surface area contributed by atoms with Crippen molar-refractivity contribution in [3.8, 4) is 17.3 Å². The first kappa shape index (κ1) is 33.1. The van der Waals surface area contributed by atoms with E-state index in [4.69, 9.17) is 21.0 Å². The molecule has 12 heteroatoms. The third-order valence-electron chi connectivity index (χ3n) is 9.58. The molecule has 3 atom stereocenters. The molecule has 5 aromatic rings. The lowest BCUT2D eigenvalue weighted by Crippen LogP contribution is -2.56. The van der Waals surface area contributed by atoms with Gasteiger partial charge in [-0.2, -0.15) is 9.97 Å². The number of hydrogen-bond acceptors (Lipinski definition) is 8. The molecule has 0 spiro atoms. The molecule has 2 aliphatic heterocycles.